The first-order valence-corrected chi connectivity index (χ1v) is 4.94. The Morgan fingerprint density at radius 2 is 2.08 bits per heavy atom. The van der Waals surface area contributed by atoms with E-state index in [1.165, 1.54) is 12.0 Å². The van der Waals surface area contributed by atoms with Gasteiger partial charge in [-0.05, 0) is 36.0 Å². The summed E-state index contributed by atoms with van der Waals surface area (Å²) in [5.74, 6) is 2.06. The Hall–Kier alpha value is -1.00. The van der Waals surface area contributed by atoms with Gasteiger partial charge in [0.1, 0.15) is 0 Å². The van der Waals surface area contributed by atoms with E-state index in [9.17, 15) is 0 Å². The second kappa shape index (κ2) is 3.40. The molecule has 2 rings (SSSR count). The lowest BCUT2D eigenvalue weighted by Gasteiger charge is -1.97. The molecule has 66 valence electrons. The number of nitriles is 1. The van der Waals surface area contributed by atoms with Crippen LogP contribution in [0.1, 0.15) is 23.5 Å². The Kier molecular flexibility index (Phi) is 2.24. The van der Waals surface area contributed by atoms with Crippen LogP contribution in [0.5, 0.6) is 0 Å². The summed E-state index contributed by atoms with van der Waals surface area (Å²) in [7, 11) is 0. The first kappa shape index (κ1) is 8.59. The molecule has 0 amide bonds. The van der Waals surface area contributed by atoms with Gasteiger partial charge in [-0.2, -0.15) is 5.26 Å². The Labute approximate surface area is 82.9 Å². The van der Waals surface area contributed by atoms with E-state index in [-0.39, 0.29) is 0 Å². The van der Waals surface area contributed by atoms with Crippen molar-refractivity contribution in [2.45, 2.75) is 12.3 Å². The normalized spacial score (nSPS) is 25.2. The monoisotopic (exact) mass is 191 g/mol. The van der Waals surface area contributed by atoms with Gasteiger partial charge in [-0.25, -0.2) is 0 Å². The maximum Gasteiger partial charge on any atom is 0.0991 e. The quantitative estimate of drug-likeness (QED) is 0.660. The second-order valence-electron chi connectivity index (χ2n) is 3.49. The average Bonchev–Trinajstić information content (AvgIpc) is 2.97. The van der Waals surface area contributed by atoms with Gasteiger partial charge in [-0.3, -0.25) is 0 Å². The SMILES string of the molecule is N#Cc1ccc(C2CC2CCl)cc1. The Morgan fingerprint density at radius 3 is 2.54 bits per heavy atom. The van der Waals surface area contributed by atoms with E-state index in [0.29, 0.717) is 11.8 Å². The molecule has 0 bridgehead atoms. The van der Waals surface area contributed by atoms with Crippen LogP contribution in [-0.4, -0.2) is 5.88 Å². The first-order valence-electron chi connectivity index (χ1n) is 4.41. The van der Waals surface area contributed by atoms with Crippen LogP contribution in [0, 0.1) is 17.2 Å². The molecule has 1 saturated carbocycles. The molecule has 2 unspecified atom stereocenters. The third kappa shape index (κ3) is 1.68. The maximum atomic E-state index is 8.61. The van der Waals surface area contributed by atoms with E-state index in [2.05, 4.69) is 6.07 Å². The molecule has 1 aromatic rings. The van der Waals surface area contributed by atoms with Gasteiger partial charge in [0.25, 0.3) is 0 Å². The minimum atomic E-state index is 0.644. The fraction of sp³-hybridized carbons (Fsp3) is 0.364. The van der Waals surface area contributed by atoms with Gasteiger partial charge in [0, 0.05) is 5.88 Å². The van der Waals surface area contributed by atoms with E-state index in [0.717, 1.165) is 11.4 Å². The minimum absolute atomic E-state index is 0.644. The third-order valence-corrected chi connectivity index (χ3v) is 2.99. The summed E-state index contributed by atoms with van der Waals surface area (Å²) >= 11 is 5.75. The van der Waals surface area contributed by atoms with E-state index >= 15 is 0 Å². The molecule has 1 aliphatic rings. The van der Waals surface area contributed by atoms with Crippen LogP contribution in [0.2, 0.25) is 0 Å². The molecule has 0 spiro atoms. The number of alkyl halides is 1. The highest BCUT2D eigenvalue weighted by atomic mass is 35.5. The molecule has 1 nitrogen and oxygen atoms in total. The fourth-order valence-electron chi connectivity index (χ4n) is 1.63. The molecular weight excluding hydrogens is 182 g/mol. The highest BCUT2D eigenvalue weighted by Crippen LogP contribution is 2.47. The molecule has 2 atom stereocenters. The summed E-state index contributed by atoms with van der Waals surface area (Å²) in [5.41, 5.74) is 2.05. The van der Waals surface area contributed by atoms with Gasteiger partial charge < -0.3 is 0 Å². The number of rotatable bonds is 2. The van der Waals surface area contributed by atoms with E-state index in [4.69, 9.17) is 16.9 Å². The molecule has 1 fully saturated rings. The lowest BCUT2D eigenvalue weighted by atomic mass is 10.1. The van der Waals surface area contributed by atoms with Gasteiger partial charge in [-0.1, -0.05) is 12.1 Å². The number of nitrogens with zero attached hydrogens (tertiary/aromatic N) is 1. The molecule has 0 heterocycles. The average molecular weight is 192 g/mol. The van der Waals surface area contributed by atoms with Crippen molar-refractivity contribution >= 4 is 11.6 Å². The van der Waals surface area contributed by atoms with E-state index in [1.54, 1.807) is 0 Å². The maximum absolute atomic E-state index is 8.61. The molecule has 1 aromatic carbocycles. The van der Waals surface area contributed by atoms with Crippen LogP contribution >= 0.6 is 11.6 Å². The predicted molar refractivity (Wildman–Crippen MR) is 52.7 cm³/mol. The lowest BCUT2D eigenvalue weighted by Crippen LogP contribution is -1.84. The van der Waals surface area contributed by atoms with Crippen LogP contribution in [-0.2, 0) is 0 Å². The number of hydrogen-bond acceptors (Lipinski definition) is 1. The zero-order chi connectivity index (χ0) is 9.26. The molecule has 13 heavy (non-hydrogen) atoms. The molecule has 0 N–H and O–H groups in total. The summed E-state index contributed by atoms with van der Waals surface area (Å²) < 4.78 is 0. The van der Waals surface area contributed by atoms with Crippen LogP contribution in [0.3, 0.4) is 0 Å². The molecule has 0 saturated heterocycles. The summed E-state index contributed by atoms with van der Waals surface area (Å²) in [6.07, 6.45) is 1.20. The smallest absolute Gasteiger partial charge is 0.0991 e. The van der Waals surface area contributed by atoms with Crippen molar-refractivity contribution in [3.05, 3.63) is 35.4 Å². The van der Waals surface area contributed by atoms with Crippen molar-refractivity contribution in [1.29, 1.82) is 5.26 Å². The van der Waals surface area contributed by atoms with Gasteiger partial charge in [0.05, 0.1) is 11.6 Å². The summed E-state index contributed by atoms with van der Waals surface area (Å²) in [4.78, 5) is 0. The van der Waals surface area contributed by atoms with Crippen molar-refractivity contribution in [2.75, 3.05) is 5.88 Å². The zero-order valence-electron chi connectivity index (χ0n) is 7.20. The van der Waals surface area contributed by atoms with Gasteiger partial charge >= 0.3 is 0 Å². The minimum Gasteiger partial charge on any atom is -0.192 e. The summed E-state index contributed by atoms with van der Waals surface area (Å²) in [5, 5.41) is 8.61. The second-order valence-corrected chi connectivity index (χ2v) is 3.80. The van der Waals surface area contributed by atoms with Crippen molar-refractivity contribution in [2.24, 2.45) is 5.92 Å². The Bertz CT molecular complexity index is 336. The van der Waals surface area contributed by atoms with Gasteiger partial charge in [0.2, 0.25) is 0 Å². The van der Waals surface area contributed by atoms with Gasteiger partial charge in [-0.15, -0.1) is 11.6 Å². The number of halogens is 1. The number of benzene rings is 1. The molecule has 0 radical (unpaired) electrons. The molecule has 1 aliphatic carbocycles. The van der Waals surface area contributed by atoms with Crippen molar-refractivity contribution in [1.82, 2.24) is 0 Å². The molecule has 0 aliphatic heterocycles. The first-order chi connectivity index (χ1) is 6.35. The van der Waals surface area contributed by atoms with Crippen LogP contribution in [0.4, 0.5) is 0 Å². The van der Waals surface area contributed by atoms with Crippen molar-refractivity contribution in [3.63, 3.8) is 0 Å². The standard InChI is InChI=1S/C11H10ClN/c12-6-10-5-11(10)9-3-1-8(7-13)2-4-9/h1-4,10-11H,5-6H2. The van der Waals surface area contributed by atoms with Crippen LogP contribution < -0.4 is 0 Å². The Morgan fingerprint density at radius 1 is 1.38 bits per heavy atom. The van der Waals surface area contributed by atoms with E-state index < -0.39 is 0 Å². The lowest BCUT2D eigenvalue weighted by molar-refractivity contribution is 0.923. The topological polar surface area (TPSA) is 23.8 Å². The van der Waals surface area contributed by atoms with Crippen LogP contribution in [0.15, 0.2) is 24.3 Å². The van der Waals surface area contributed by atoms with E-state index in [1.807, 2.05) is 24.3 Å². The third-order valence-electron chi connectivity index (χ3n) is 2.59. The molecule has 2 heteroatoms. The van der Waals surface area contributed by atoms with Crippen molar-refractivity contribution in [3.8, 4) is 6.07 Å². The summed E-state index contributed by atoms with van der Waals surface area (Å²) in [6.45, 7) is 0. The predicted octanol–water partition coefficient (Wildman–Crippen LogP) is 2.90. The highest BCUT2D eigenvalue weighted by Gasteiger charge is 2.37. The Balaban J connectivity index is 2.12. The van der Waals surface area contributed by atoms with Gasteiger partial charge in [0.15, 0.2) is 0 Å². The molecular formula is C11H10ClN. The molecule has 0 aromatic heterocycles. The highest BCUT2D eigenvalue weighted by molar-refractivity contribution is 6.18. The summed E-state index contributed by atoms with van der Waals surface area (Å²) in [6, 6.07) is 9.94. The van der Waals surface area contributed by atoms with Crippen LogP contribution in [0.25, 0.3) is 0 Å². The fourth-order valence-corrected chi connectivity index (χ4v) is 1.97. The zero-order valence-corrected chi connectivity index (χ0v) is 7.96. The number of hydrogen-bond donors (Lipinski definition) is 0. The largest absolute Gasteiger partial charge is 0.192 e. The van der Waals surface area contributed by atoms with Crippen molar-refractivity contribution < 1.29 is 0 Å².